The van der Waals surface area contributed by atoms with Crippen LogP contribution >= 0.6 is 11.6 Å². The lowest BCUT2D eigenvalue weighted by atomic mass is 10.1. The highest BCUT2D eigenvalue weighted by atomic mass is 35.5. The number of halogens is 1. The van der Waals surface area contributed by atoms with Gasteiger partial charge in [-0.3, -0.25) is 0 Å². The van der Waals surface area contributed by atoms with Crippen molar-refractivity contribution in [1.82, 2.24) is 9.55 Å². The van der Waals surface area contributed by atoms with E-state index in [1.54, 1.807) is 0 Å². The molecule has 21 heavy (non-hydrogen) atoms. The summed E-state index contributed by atoms with van der Waals surface area (Å²) in [6.07, 6.45) is 2.15. The molecule has 0 radical (unpaired) electrons. The van der Waals surface area contributed by atoms with Gasteiger partial charge in [-0.1, -0.05) is 17.7 Å². The van der Waals surface area contributed by atoms with Crippen molar-refractivity contribution >= 4 is 22.6 Å². The van der Waals surface area contributed by atoms with Gasteiger partial charge in [-0.15, -0.1) is 0 Å². The molecule has 1 saturated carbocycles. The van der Waals surface area contributed by atoms with E-state index < -0.39 is 0 Å². The number of benzene rings is 2. The lowest BCUT2D eigenvalue weighted by molar-refractivity contribution is 0.461. The molecule has 106 valence electrons. The van der Waals surface area contributed by atoms with Gasteiger partial charge in [0, 0.05) is 6.04 Å². The van der Waals surface area contributed by atoms with Gasteiger partial charge in [-0.2, -0.15) is 0 Å². The van der Waals surface area contributed by atoms with Crippen LogP contribution in [0.2, 0.25) is 5.02 Å². The Morgan fingerprint density at radius 3 is 2.71 bits per heavy atom. The zero-order valence-electron chi connectivity index (χ0n) is 11.1. The smallest absolute Gasteiger partial charge is 0.145 e. The number of fused-ring (bicyclic) bond motifs is 1. The maximum absolute atomic E-state index is 10.1. The third-order valence-corrected chi connectivity index (χ3v) is 4.10. The average molecular weight is 301 g/mol. The Morgan fingerprint density at radius 2 is 1.95 bits per heavy atom. The van der Waals surface area contributed by atoms with Crippen molar-refractivity contribution in [2.45, 2.75) is 18.9 Å². The van der Waals surface area contributed by atoms with Crippen molar-refractivity contribution in [2.24, 2.45) is 0 Å². The Bertz CT molecular complexity index is 853. The number of rotatable bonds is 2. The maximum atomic E-state index is 10.1. The minimum Gasteiger partial charge on any atom is -0.508 e. The largest absolute Gasteiger partial charge is 0.508 e. The molecule has 1 aromatic heterocycles. The number of nitrogens with zero attached hydrogens (tertiary/aromatic N) is 2. The Labute approximate surface area is 126 Å². The van der Waals surface area contributed by atoms with Crippen LogP contribution in [0.3, 0.4) is 0 Å². The first-order valence-corrected chi connectivity index (χ1v) is 7.22. The topological polar surface area (TPSA) is 58.3 Å². The van der Waals surface area contributed by atoms with Crippen molar-refractivity contribution in [3.05, 3.63) is 41.4 Å². The fourth-order valence-corrected chi connectivity index (χ4v) is 2.95. The maximum Gasteiger partial charge on any atom is 0.145 e. The predicted molar refractivity (Wildman–Crippen MR) is 81.8 cm³/mol. The molecule has 0 amide bonds. The number of hydrogen-bond donors (Lipinski definition) is 2. The molecule has 1 aliphatic rings. The number of hydrogen-bond acceptors (Lipinski definition) is 3. The van der Waals surface area contributed by atoms with E-state index in [-0.39, 0.29) is 11.5 Å². The number of imidazole rings is 1. The molecule has 2 N–H and O–H groups in total. The van der Waals surface area contributed by atoms with Gasteiger partial charge in [-0.05, 0) is 43.2 Å². The highest BCUT2D eigenvalue weighted by molar-refractivity contribution is 6.35. The first kappa shape index (κ1) is 12.5. The number of para-hydroxylation sites is 1. The van der Waals surface area contributed by atoms with Gasteiger partial charge in [0.25, 0.3) is 0 Å². The molecule has 4 rings (SSSR count). The van der Waals surface area contributed by atoms with Gasteiger partial charge in [0.15, 0.2) is 0 Å². The van der Waals surface area contributed by atoms with E-state index in [0.29, 0.717) is 22.5 Å². The molecule has 1 fully saturated rings. The summed E-state index contributed by atoms with van der Waals surface area (Å²) in [7, 11) is 0. The first-order valence-electron chi connectivity index (χ1n) is 6.84. The van der Waals surface area contributed by atoms with E-state index in [0.717, 1.165) is 23.9 Å². The lowest BCUT2D eigenvalue weighted by Gasteiger charge is -2.10. The minimum absolute atomic E-state index is 0.0983. The van der Waals surface area contributed by atoms with Gasteiger partial charge < -0.3 is 14.8 Å². The van der Waals surface area contributed by atoms with Crippen LogP contribution in [-0.4, -0.2) is 19.8 Å². The molecular weight excluding hydrogens is 288 g/mol. The van der Waals surface area contributed by atoms with E-state index in [1.807, 2.05) is 18.2 Å². The van der Waals surface area contributed by atoms with Crippen LogP contribution in [0.1, 0.15) is 18.9 Å². The van der Waals surface area contributed by atoms with E-state index in [2.05, 4.69) is 9.55 Å². The second-order valence-electron chi connectivity index (χ2n) is 5.35. The summed E-state index contributed by atoms with van der Waals surface area (Å²) in [6, 6.07) is 10.4. The van der Waals surface area contributed by atoms with Gasteiger partial charge >= 0.3 is 0 Å². The summed E-state index contributed by atoms with van der Waals surface area (Å²) in [4.78, 5) is 4.61. The first-order chi connectivity index (χ1) is 10.1. The quantitative estimate of drug-likeness (QED) is 0.700. The third-order valence-electron chi connectivity index (χ3n) is 3.79. The van der Waals surface area contributed by atoms with Gasteiger partial charge in [-0.25, -0.2) is 4.98 Å². The number of aromatic nitrogens is 2. The highest BCUT2D eigenvalue weighted by Gasteiger charge is 2.30. The van der Waals surface area contributed by atoms with Crippen molar-refractivity contribution in [3.8, 4) is 22.9 Å². The summed E-state index contributed by atoms with van der Waals surface area (Å²) in [5.41, 5.74) is 2.21. The van der Waals surface area contributed by atoms with Crippen LogP contribution in [0.4, 0.5) is 0 Å². The van der Waals surface area contributed by atoms with Crippen molar-refractivity contribution in [2.75, 3.05) is 0 Å². The predicted octanol–water partition coefficient (Wildman–Crippen LogP) is 4.10. The summed E-state index contributed by atoms with van der Waals surface area (Å²) < 4.78 is 2.08. The van der Waals surface area contributed by atoms with Gasteiger partial charge in [0.05, 0.1) is 21.6 Å². The molecule has 0 saturated heterocycles. The van der Waals surface area contributed by atoms with Gasteiger partial charge in [0.1, 0.15) is 17.3 Å². The monoisotopic (exact) mass is 300 g/mol. The molecule has 0 spiro atoms. The zero-order valence-corrected chi connectivity index (χ0v) is 11.9. The molecule has 1 heterocycles. The fourth-order valence-electron chi connectivity index (χ4n) is 2.69. The summed E-state index contributed by atoms with van der Waals surface area (Å²) >= 11 is 6.33. The standard InChI is InChI=1S/C16H13ClN2O2/c17-12-2-1-3-13-15(12)19(9-4-5-9)16(18-13)11-8-10(20)6-7-14(11)21/h1-3,6-9,20-21H,4-5H2. The van der Waals surface area contributed by atoms with Crippen LogP contribution in [0.25, 0.3) is 22.4 Å². The van der Waals surface area contributed by atoms with Crippen LogP contribution in [0, 0.1) is 0 Å². The highest BCUT2D eigenvalue weighted by Crippen LogP contribution is 2.44. The van der Waals surface area contributed by atoms with E-state index in [9.17, 15) is 10.2 Å². The normalized spacial score (nSPS) is 14.7. The second kappa shape index (κ2) is 4.40. The van der Waals surface area contributed by atoms with Crippen LogP contribution in [-0.2, 0) is 0 Å². The molecule has 2 aromatic carbocycles. The molecule has 0 bridgehead atoms. The Balaban J connectivity index is 2.07. The van der Waals surface area contributed by atoms with Crippen LogP contribution in [0.15, 0.2) is 36.4 Å². The molecular formula is C16H13ClN2O2. The van der Waals surface area contributed by atoms with Crippen molar-refractivity contribution in [3.63, 3.8) is 0 Å². The fraction of sp³-hybridized carbons (Fsp3) is 0.188. The second-order valence-corrected chi connectivity index (χ2v) is 5.75. The minimum atomic E-state index is 0.0983. The van der Waals surface area contributed by atoms with Crippen molar-refractivity contribution in [1.29, 1.82) is 0 Å². The van der Waals surface area contributed by atoms with Crippen molar-refractivity contribution < 1.29 is 10.2 Å². The number of phenolic OH excluding ortho intramolecular Hbond substituents is 2. The van der Waals surface area contributed by atoms with E-state index >= 15 is 0 Å². The van der Waals surface area contributed by atoms with Crippen LogP contribution in [0.5, 0.6) is 11.5 Å². The molecule has 0 atom stereocenters. The van der Waals surface area contributed by atoms with Crippen LogP contribution < -0.4 is 0 Å². The SMILES string of the molecule is Oc1ccc(O)c(-c2nc3cccc(Cl)c3n2C2CC2)c1. The molecule has 4 nitrogen and oxygen atoms in total. The summed E-state index contributed by atoms with van der Waals surface area (Å²) in [5, 5.41) is 20.5. The molecule has 0 aliphatic heterocycles. The summed E-state index contributed by atoms with van der Waals surface area (Å²) in [5.74, 6) is 0.846. The third kappa shape index (κ3) is 1.94. The summed E-state index contributed by atoms with van der Waals surface area (Å²) in [6.45, 7) is 0. The average Bonchev–Trinajstić information content (AvgIpc) is 3.22. The van der Waals surface area contributed by atoms with E-state index in [1.165, 1.54) is 18.2 Å². The van der Waals surface area contributed by atoms with E-state index in [4.69, 9.17) is 11.6 Å². The lowest BCUT2D eigenvalue weighted by Crippen LogP contribution is -1.98. The molecule has 5 heteroatoms. The Morgan fingerprint density at radius 1 is 1.14 bits per heavy atom. The number of aromatic hydroxyl groups is 2. The van der Waals surface area contributed by atoms with Gasteiger partial charge in [0.2, 0.25) is 0 Å². The Hall–Kier alpha value is -2.20. The molecule has 3 aromatic rings. The zero-order chi connectivity index (χ0) is 14.6. The molecule has 1 aliphatic carbocycles. The molecule has 0 unspecified atom stereocenters. The number of phenols is 2. The Kier molecular flexibility index (Phi) is 2.62.